The van der Waals surface area contributed by atoms with Gasteiger partial charge in [-0.3, -0.25) is 0 Å². The second-order valence-electron chi connectivity index (χ2n) is 2.13. The summed E-state index contributed by atoms with van der Waals surface area (Å²) in [5.41, 5.74) is -1.19. The molecule has 1 rings (SSSR count). The van der Waals surface area contributed by atoms with Gasteiger partial charge in [0.2, 0.25) is 0 Å². The van der Waals surface area contributed by atoms with Gasteiger partial charge in [-0.05, 0) is 18.2 Å². The predicted molar refractivity (Wildman–Crippen MR) is 37.1 cm³/mol. The summed E-state index contributed by atoms with van der Waals surface area (Å²) in [5, 5.41) is 0. The van der Waals surface area contributed by atoms with Crippen LogP contribution in [-0.4, -0.2) is 18.9 Å². The third-order valence-electron chi connectivity index (χ3n) is 1.25. The zero-order valence-corrected chi connectivity index (χ0v) is 6.62. The fraction of sp³-hybridized carbons (Fsp3) is 0.143. The minimum Gasteiger partial charge on any atom is -0.204 e. The maximum Gasteiger partial charge on any atom is 0.416 e. The summed E-state index contributed by atoms with van der Waals surface area (Å²) in [6.07, 6.45) is -4.63. The van der Waals surface area contributed by atoms with Crippen LogP contribution in [0.3, 0.4) is 0 Å². The quantitative estimate of drug-likeness (QED) is 0.434. The Bertz CT molecular complexity index is 293. The van der Waals surface area contributed by atoms with Gasteiger partial charge in [-0.1, -0.05) is 0 Å². The van der Waals surface area contributed by atoms with Gasteiger partial charge in [0.25, 0.3) is 0 Å². The second-order valence-corrected chi connectivity index (χ2v) is 2.13. The maximum absolute atomic E-state index is 12.2. The molecule has 0 bridgehead atoms. The first-order valence-corrected chi connectivity index (χ1v) is 2.93. The van der Waals surface area contributed by atoms with Crippen molar-refractivity contribution in [2.45, 2.75) is 6.18 Å². The SMILES string of the molecule is Fc1ccc(C(F)(F)F)cc1F.[Li]. The fourth-order valence-electron chi connectivity index (χ4n) is 0.672. The Hall–Kier alpha value is -0.533. The zero-order chi connectivity index (χ0) is 9.35. The van der Waals surface area contributed by atoms with Crippen LogP contribution >= 0.6 is 0 Å². The van der Waals surface area contributed by atoms with Gasteiger partial charge in [-0.2, -0.15) is 13.2 Å². The minimum atomic E-state index is -4.63. The summed E-state index contributed by atoms with van der Waals surface area (Å²) in [6.45, 7) is 0. The summed E-state index contributed by atoms with van der Waals surface area (Å²) in [6, 6.07) is 1.05. The van der Waals surface area contributed by atoms with E-state index in [2.05, 4.69) is 0 Å². The van der Waals surface area contributed by atoms with Crippen molar-refractivity contribution in [2.24, 2.45) is 0 Å². The van der Waals surface area contributed by atoms with E-state index in [0.717, 1.165) is 0 Å². The molecule has 0 saturated carbocycles. The van der Waals surface area contributed by atoms with Gasteiger partial charge >= 0.3 is 6.18 Å². The van der Waals surface area contributed by atoms with Gasteiger partial charge < -0.3 is 0 Å². The number of rotatable bonds is 0. The molecule has 0 unspecified atom stereocenters. The third kappa shape index (κ3) is 3.01. The fourth-order valence-corrected chi connectivity index (χ4v) is 0.672. The molecule has 0 aliphatic heterocycles. The molecule has 0 spiro atoms. The first-order chi connectivity index (χ1) is 5.41. The van der Waals surface area contributed by atoms with Crippen molar-refractivity contribution in [1.82, 2.24) is 0 Å². The molecule has 6 heteroatoms. The van der Waals surface area contributed by atoms with Crippen LogP contribution in [0.1, 0.15) is 5.56 Å². The molecule has 1 radical (unpaired) electrons. The standard InChI is InChI=1S/C7H3F5.Li/c8-5-2-1-4(3-6(5)9)7(10,11)12;/h1-3H;. The number of benzene rings is 1. The topological polar surface area (TPSA) is 0 Å². The van der Waals surface area contributed by atoms with E-state index < -0.39 is 23.4 Å². The van der Waals surface area contributed by atoms with E-state index in [0.29, 0.717) is 12.1 Å². The van der Waals surface area contributed by atoms with E-state index in [4.69, 9.17) is 0 Å². The van der Waals surface area contributed by atoms with Gasteiger partial charge in [-0.15, -0.1) is 0 Å². The number of hydrogen-bond donors (Lipinski definition) is 0. The van der Waals surface area contributed by atoms with Crippen molar-refractivity contribution in [3.05, 3.63) is 35.4 Å². The van der Waals surface area contributed by atoms with Crippen molar-refractivity contribution in [2.75, 3.05) is 0 Å². The van der Waals surface area contributed by atoms with Crippen LogP contribution in [0.25, 0.3) is 0 Å². The second kappa shape index (κ2) is 4.12. The maximum atomic E-state index is 12.2. The Morgan fingerprint density at radius 1 is 0.923 bits per heavy atom. The third-order valence-corrected chi connectivity index (χ3v) is 1.25. The summed E-state index contributed by atoms with van der Waals surface area (Å²) in [5.74, 6) is -2.78. The molecule has 13 heavy (non-hydrogen) atoms. The molecule has 0 nitrogen and oxygen atoms in total. The Balaban J connectivity index is 0.00000144. The summed E-state index contributed by atoms with van der Waals surface area (Å²) in [7, 11) is 0. The zero-order valence-electron chi connectivity index (χ0n) is 6.62. The van der Waals surface area contributed by atoms with Gasteiger partial charge in [-0.25, -0.2) is 8.78 Å². The van der Waals surface area contributed by atoms with E-state index >= 15 is 0 Å². The predicted octanol–water partition coefficient (Wildman–Crippen LogP) is 2.60. The molecule has 0 amide bonds. The van der Waals surface area contributed by atoms with E-state index in [9.17, 15) is 22.0 Å². The molecule has 0 aliphatic rings. The first-order valence-electron chi connectivity index (χ1n) is 2.93. The van der Waals surface area contributed by atoms with Crippen LogP contribution in [0.5, 0.6) is 0 Å². The van der Waals surface area contributed by atoms with Crippen molar-refractivity contribution in [3.8, 4) is 0 Å². The summed E-state index contributed by atoms with van der Waals surface area (Å²) >= 11 is 0. The molecule has 0 heterocycles. The summed E-state index contributed by atoms with van der Waals surface area (Å²) < 4.78 is 59.8. The number of alkyl halides is 3. The Labute approximate surface area is 82.9 Å². The molecule has 0 aliphatic carbocycles. The monoisotopic (exact) mass is 189 g/mol. The van der Waals surface area contributed by atoms with Crippen LogP contribution < -0.4 is 0 Å². The van der Waals surface area contributed by atoms with Crippen LogP contribution in [0.2, 0.25) is 0 Å². The van der Waals surface area contributed by atoms with Gasteiger partial charge in [0.1, 0.15) is 0 Å². The van der Waals surface area contributed by atoms with Crippen LogP contribution in [0, 0.1) is 11.6 Å². The molecule has 1 aromatic rings. The average molecular weight is 189 g/mol. The first kappa shape index (κ1) is 12.5. The molecule has 67 valence electrons. The Kier molecular flexibility index (Phi) is 3.95. The molecule has 0 N–H and O–H groups in total. The molecule has 0 fully saturated rings. The molecule has 1 aromatic carbocycles. The van der Waals surface area contributed by atoms with Gasteiger partial charge in [0.05, 0.1) is 5.56 Å². The Morgan fingerprint density at radius 3 is 1.85 bits per heavy atom. The molecule has 0 saturated heterocycles. The van der Waals surface area contributed by atoms with Crippen LogP contribution in [-0.2, 0) is 6.18 Å². The molecular weight excluding hydrogens is 186 g/mol. The molecule has 0 atom stereocenters. The molecular formula is C7H3F5Li. The minimum absolute atomic E-state index is 0. The van der Waals surface area contributed by atoms with Crippen LogP contribution in [0.4, 0.5) is 22.0 Å². The largest absolute Gasteiger partial charge is 0.416 e. The Morgan fingerprint density at radius 2 is 1.46 bits per heavy atom. The van der Waals surface area contributed by atoms with Crippen molar-refractivity contribution in [3.63, 3.8) is 0 Å². The average Bonchev–Trinajstić information content (AvgIpc) is 1.92. The normalized spacial score (nSPS) is 10.8. The van der Waals surface area contributed by atoms with Crippen molar-refractivity contribution < 1.29 is 22.0 Å². The van der Waals surface area contributed by atoms with E-state index in [1.807, 2.05) is 0 Å². The van der Waals surface area contributed by atoms with E-state index in [-0.39, 0.29) is 24.9 Å². The van der Waals surface area contributed by atoms with E-state index in [1.165, 1.54) is 0 Å². The smallest absolute Gasteiger partial charge is 0.204 e. The summed E-state index contributed by atoms with van der Waals surface area (Å²) in [4.78, 5) is 0. The number of halogens is 5. The van der Waals surface area contributed by atoms with Crippen LogP contribution in [0.15, 0.2) is 18.2 Å². The van der Waals surface area contributed by atoms with Gasteiger partial charge in [0, 0.05) is 18.9 Å². The molecule has 0 aromatic heterocycles. The van der Waals surface area contributed by atoms with E-state index in [1.54, 1.807) is 0 Å². The van der Waals surface area contributed by atoms with Gasteiger partial charge in [0.15, 0.2) is 11.6 Å². The van der Waals surface area contributed by atoms with Crippen molar-refractivity contribution in [1.29, 1.82) is 0 Å². The number of hydrogen-bond acceptors (Lipinski definition) is 0. The van der Waals surface area contributed by atoms with Crippen molar-refractivity contribution >= 4 is 18.9 Å².